The number of carbonyl (C=O) groups excluding carboxylic acids is 3. The molecule has 0 fully saturated rings. The van der Waals surface area contributed by atoms with Crippen LogP contribution in [0.25, 0.3) is 10.8 Å². The number of ether oxygens (including phenoxy) is 1. The van der Waals surface area contributed by atoms with Gasteiger partial charge in [-0.15, -0.1) is 11.3 Å². The van der Waals surface area contributed by atoms with Crippen molar-refractivity contribution in [1.29, 1.82) is 0 Å². The lowest BCUT2D eigenvalue weighted by atomic mass is 10.1. The van der Waals surface area contributed by atoms with E-state index in [-0.39, 0.29) is 11.3 Å². The van der Waals surface area contributed by atoms with Crippen molar-refractivity contribution in [2.75, 3.05) is 6.61 Å². The Bertz CT molecular complexity index is 1140. The van der Waals surface area contributed by atoms with Gasteiger partial charge >= 0.3 is 5.97 Å². The molecule has 0 radical (unpaired) electrons. The Kier molecular flexibility index (Phi) is 7.50. The van der Waals surface area contributed by atoms with Crippen LogP contribution in [0.5, 0.6) is 0 Å². The van der Waals surface area contributed by atoms with E-state index in [1.165, 1.54) is 16.0 Å². The summed E-state index contributed by atoms with van der Waals surface area (Å²) in [6, 6.07) is 9.95. The molecule has 0 aliphatic heterocycles. The van der Waals surface area contributed by atoms with Crippen LogP contribution in [-0.4, -0.2) is 34.2 Å². The van der Waals surface area contributed by atoms with Crippen molar-refractivity contribution in [3.8, 4) is 0 Å². The van der Waals surface area contributed by atoms with Crippen molar-refractivity contribution in [2.45, 2.75) is 32.7 Å². The second-order valence-electron chi connectivity index (χ2n) is 6.69. The first kappa shape index (κ1) is 22.2. The van der Waals surface area contributed by atoms with E-state index in [1.807, 2.05) is 6.92 Å². The molecular formula is C21H22N4O5S. The Morgan fingerprint density at radius 1 is 1.06 bits per heavy atom. The van der Waals surface area contributed by atoms with Crippen LogP contribution in [0.15, 0.2) is 46.6 Å². The van der Waals surface area contributed by atoms with Crippen LogP contribution in [0.4, 0.5) is 0 Å². The molecule has 162 valence electrons. The number of esters is 1. The van der Waals surface area contributed by atoms with E-state index < -0.39 is 24.4 Å². The van der Waals surface area contributed by atoms with Crippen LogP contribution in [0, 0.1) is 0 Å². The topological polar surface area (TPSA) is 119 Å². The summed E-state index contributed by atoms with van der Waals surface area (Å²) in [6.45, 7) is 1.81. The predicted molar refractivity (Wildman–Crippen MR) is 116 cm³/mol. The Balaban J connectivity index is 1.68. The van der Waals surface area contributed by atoms with E-state index in [0.29, 0.717) is 22.2 Å². The van der Waals surface area contributed by atoms with Crippen molar-refractivity contribution in [1.82, 2.24) is 20.6 Å². The Morgan fingerprint density at radius 2 is 1.84 bits per heavy atom. The van der Waals surface area contributed by atoms with Crippen molar-refractivity contribution in [3.05, 3.63) is 62.7 Å². The standard InChI is InChI=1S/C21H22N4O5S/c1-2-3-6-11-25-20(28)15-9-5-4-8-14(15)18(24-25)21(29)30-13-17(26)22-23-19(27)16-10-7-12-31-16/h4-5,7-10,12H,2-3,6,11,13H2,1H3,(H,22,26)(H,23,27). The smallest absolute Gasteiger partial charge is 0.359 e. The summed E-state index contributed by atoms with van der Waals surface area (Å²) in [5.41, 5.74) is 4.11. The number of fused-ring (bicyclic) bond motifs is 1. The number of rotatable bonds is 8. The molecule has 10 heteroatoms. The zero-order valence-corrected chi connectivity index (χ0v) is 17.7. The number of nitrogens with one attached hydrogen (secondary N) is 2. The van der Waals surface area contributed by atoms with E-state index in [9.17, 15) is 19.2 Å². The minimum Gasteiger partial charge on any atom is -0.451 e. The molecule has 1 aromatic carbocycles. The quantitative estimate of drug-likeness (QED) is 0.314. The number of thiophene rings is 1. The summed E-state index contributed by atoms with van der Waals surface area (Å²) < 4.78 is 6.32. The number of nitrogens with zero attached hydrogens (tertiary/aromatic N) is 2. The lowest BCUT2D eigenvalue weighted by Gasteiger charge is -2.11. The third kappa shape index (κ3) is 5.54. The maximum absolute atomic E-state index is 12.7. The van der Waals surface area contributed by atoms with Crippen molar-refractivity contribution in [2.24, 2.45) is 0 Å². The van der Waals surface area contributed by atoms with Gasteiger partial charge in [0.1, 0.15) is 0 Å². The van der Waals surface area contributed by atoms with Gasteiger partial charge in [0.15, 0.2) is 12.3 Å². The van der Waals surface area contributed by atoms with Gasteiger partial charge in [-0.25, -0.2) is 9.48 Å². The molecular weight excluding hydrogens is 420 g/mol. The van der Waals surface area contributed by atoms with E-state index >= 15 is 0 Å². The maximum Gasteiger partial charge on any atom is 0.359 e. The molecule has 0 aliphatic rings. The number of hydrazine groups is 1. The summed E-state index contributed by atoms with van der Waals surface area (Å²) in [4.78, 5) is 49.5. The molecule has 31 heavy (non-hydrogen) atoms. The number of aromatic nitrogens is 2. The van der Waals surface area contributed by atoms with Gasteiger partial charge < -0.3 is 4.74 Å². The monoisotopic (exact) mass is 442 g/mol. The van der Waals surface area contributed by atoms with Gasteiger partial charge in [0.25, 0.3) is 17.4 Å². The van der Waals surface area contributed by atoms with Crippen LogP contribution in [0.1, 0.15) is 46.3 Å². The van der Waals surface area contributed by atoms with E-state index in [2.05, 4.69) is 16.0 Å². The summed E-state index contributed by atoms with van der Waals surface area (Å²) in [6.07, 6.45) is 2.66. The van der Waals surface area contributed by atoms with Crippen LogP contribution in [0.3, 0.4) is 0 Å². The Labute approximate surface area is 182 Å². The molecule has 0 atom stereocenters. The third-order valence-electron chi connectivity index (χ3n) is 4.43. The number of carbonyl (C=O) groups is 3. The van der Waals surface area contributed by atoms with Gasteiger partial charge in [-0.2, -0.15) is 5.10 Å². The van der Waals surface area contributed by atoms with E-state index in [0.717, 1.165) is 19.3 Å². The Hall–Kier alpha value is -3.53. The highest BCUT2D eigenvalue weighted by atomic mass is 32.1. The normalized spacial score (nSPS) is 10.6. The first-order valence-electron chi connectivity index (χ1n) is 9.81. The Morgan fingerprint density at radius 3 is 2.55 bits per heavy atom. The van der Waals surface area contributed by atoms with Gasteiger partial charge in [-0.3, -0.25) is 25.2 Å². The molecule has 3 rings (SSSR count). The molecule has 2 aromatic heterocycles. The lowest BCUT2D eigenvalue weighted by molar-refractivity contribution is -0.125. The van der Waals surface area contributed by atoms with Crippen LogP contribution in [0.2, 0.25) is 0 Å². The maximum atomic E-state index is 12.7. The van der Waals surface area contributed by atoms with Crippen LogP contribution in [-0.2, 0) is 16.1 Å². The number of amides is 2. The van der Waals surface area contributed by atoms with Crippen molar-refractivity contribution >= 4 is 39.9 Å². The molecule has 0 saturated carbocycles. The van der Waals surface area contributed by atoms with Gasteiger partial charge in [-0.1, -0.05) is 44.0 Å². The molecule has 2 N–H and O–H groups in total. The predicted octanol–water partition coefficient (Wildman–Crippen LogP) is 2.27. The molecule has 2 heterocycles. The molecule has 3 aromatic rings. The lowest BCUT2D eigenvalue weighted by Crippen LogP contribution is -2.43. The summed E-state index contributed by atoms with van der Waals surface area (Å²) >= 11 is 1.22. The fraction of sp³-hybridized carbons (Fsp3) is 0.286. The number of unbranched alkanes of at least 4 members (excludes halogenated alkanes) is 2. The number of hydrogen-bond acceptors (Lipinski definition) is 7. The van der Waals surface area contributed by atoms with Gasteiger partial charge in [0.05, 0.1) is 10.3 Å². The summed E-state index contributed by atoms with van der Waals surface area (Å²) in [7, 11) is 0. The number of aryl methyl sites for hydroxylation is 1. The molecule has 0 unspecified atom stereocenters. The van der Waals surface area contributed by atoms with Crippen LogP contribution < -0.4 is 16.4 Å². The average molecular weight is 442 g/mol. The van der Waals surface area contributed by atoms with Crippen molar-refractivity contribution in [3.63, 3.8) is 0 Å². The molecule has 0 aliphatic carbocycles. The number of benzene rings is 1. The first-order valence-corrected chi connectivity index (χ1v) is 10.7. The minimum atomic E-state index is -0.833. The van der Waals surface area contributed by atoms with Crippen LogP contribution >= 0.6 is 11.3 Å². The van der Waals surface area contributed by atoms with E-state index in [4.69, 9.17) is 4.74 Å². The highest BCUT2D eigenvalue weighted by Gasteiger charge is 2.19. The average Bonchev–Trinajstić information content (AvgIpc) is 3.32. The van der Waals surface area contributed by atoms with Gasteiger partial charge in [0.2, 0.25) is 0 Å². The second-order valence-corrected chi connectivity index (χ2v) is 7.63. The van der Waals surface area contributed by atoms with Crippen molar-refractivity contribution < 1.29 is 19.1 Å². The molecule has 0 bridgehead atoms. The summed E-state index contributed by atoms with van der Waals surface area (Å²) in [5.74, 6) is -2.01. The SMILES string of the molecule is CCCCCn1nc(C(=O)OCC(=O)NNC(=O)c2cccs2)c2ccccc2c1=O. The highest BCUT2D eigenvalue weighted by molar-refractivity contribution is 7.12. The largest absolute Gasteiger partial charge is 0.451 e. The molecule has 0 spiro atoms. The molecule has 9 nitrogen and oxygen atoms in total. The summed E-state index contributed by atoms with van der Waals surface area (Å²) in [5, 5.41) is 6.63. The van der Waals surface area contributed by atoms with Gasteiger partial charge in [-0.05, 0) is 23.9 Å². The zero-order chi connectivity index (χ0) is 22.2. The second kappa shape index (κ2) is 10.5. The fourth-order valence-corrected chi connectivity index (χ4v) is 3.50. The highest BCUT2D eigenvalue weighted by Crippen LogP contribution is 2.14. The number of hydrogen-bond donors (Lipinski definition) is 2. The minimum absolute atomic E-state index is 0.0397. The first-order chi connectivity index (χ1) is 15.0. The zero-order valence-electron chi connectivity index (χ0n) is 16.9. The fourth-order valence-electron chi connectivity index (χ4n) is 2.88. The van der Waals surface area contributed by atoms with E-state index in [1.54, 1.807) is 41.8 Å². The third-order valence-corrected chi connectivity index (χ3v) is 5.30. The molecule has 2 amide bonds. The molecule has 0 saturated heterocycles. The van der Waals surface area contributed by atoms with Gasteiger partial charge in [0, 0.05) is 11.9 Å².